The fourth-order valence-electron chi connectivity index (χ4n) is 1.28. The largest absolute Gasteiger partial charge is 0.503 e. The fourth-order valence-corrected chi connectivity index (χ4v) is 3.16. The van der Waals surface area contributed by atoms with Gasteiger partial charge in [-0.25, -0.2) is 8.42 Å². The number of aromatic hydroxyl groups is 1. The molecule has 0 heterocycles. The van der Waals surface area contributed by atoms with Crippen LogP contribution < -0.4 is 4.74 Å². The lowest BCUT2D eigenvalue weighted by molar-refractivity contribution is 0.371. The predicted octanol–water partition coefficient (Wildman–Crippen LogP) is 2.54. The monoisotopic (exact) mass is 328 g/mol. The van der Waals surface area contributed by atoms with Crippen LogP contribution >= 0.6 is 26.6 Å². The number of hydrogen-bond donors (Lipinski definition) is 1. The molecule has 0 unspecified atom stereocenters. The summed E-state index contributed by atoms with van der Waals surface area (Å²) in [5.74, 6) is -0.207. The van der Waals surface area contributed by atoms with Gasteiger partial charge in [-0.1, -0.05) is 0 Å². The number of methoxy groups -OCH3 is 1. The van der Waals surface area contributed by atoms with Crippen molar-refractivity contribution in [1.82, 2.24) is 0 Å². The number of rotatable bonds is 3. The zero-order valence-corrected chi connectivity index (χ0v) is 11.8. The molecule has 1 rings (SSSR count). The van der Waals surface area contributed by atoms with Crippen LogP contribution in [0.15, 0.2) is 10.5 Å². The van der Waals surface area contributed by atoms with Gasteiger partial charge in [0.05, 0.1) is 17.3 Å². The van der Waals surface area contributed by atoms with E-state index in [-0.39, 0.29) is 21.7 Å². The molecule has 0 atom stereocenters. The Labute approximate surface area is 107 Å². The second kappa shape index (κ2) is 4.81. The molecule has 1 N–H and O–H groups in total. The third kappa shape index (κ3) is 3.02. The molecule has 0 amide bonds. The van der Waals surface area contributed by atoms with Crippen LogP contribution in [0.4, 0.5) is 0 Å². The van der Waals surface area contributed by atoms with Crippen molar-refractivity contribution >= 4 is 35.7 Å². The summed E-state index contributed by atoms with van der Waals surface area (Å²) >= 11 is 3.12. The summed E-state index contributed by atoms with van der Waals surface area (Å²) in [4.78, 5) is 0. The Morgan fingerprint density at radius 1 is 1.56 bits per heavy atom. The number of benzene rings is 1. The molecule has 0 radical (unpaired) electrons. The predicted molar refractivity (Wildman–Crippen MR) is 65.6 cm³/mol. The molecular formula is C9H10BrClO4S. The molecule has 0 aliphatic heterocycles. The van der Waals surface area contributed by atoms with E-state index in [1.807, 2.05) is 0 Å². The third-order valence-corrected chi connectivity index (χ3v) is 3.88. The smallest absolute Gasteiger partial charge is 0.236 e. The van der Waals surface area contributed by atoms with E-state index in [1.165, 1.54) is 7.11 Å². The van der Waals surface area contributed by atoms with Crippen LogP contribution in [0.5, 0.6) is 11.5 Å². The van der Waals surface area contributed by atoms with Crippen molar-refractivity contribution in [1.29, 1.82) is 0 Å². The molecule has 0 aliphatic carbocycles. The van der Waals surface area contributed by atoms with E-state index in [4.69, 9.17) is 15.4 Å². The van der Waals surface area contributed by atoms with Gasteiger partial charge in [0.2, 0.25) is 9.05 Å². The molecular weight excluding hydrogens is 320 g/mol. The molecule has 90 valence electrons. The molecule has 16 heavy (non-hydrogen) atoms. The lowest BCUT2D eigenvalue weighted by atomic mass is 10.1. The number of hydrogen-bond acceptors (Lipinski definition) is 4. The van der Waals surface area contributed by atoms with Crippen molar-refractivity contribution < 1.29 is 18.3 Å². The molecule has 0 spiro atoms. The minimum absolute atomic E-state index is 0.136. The van der Waals surface area contributed by atoms with Crippen LogP contribution in [0.1, 0.15) is 11.1 Å². The van der Waals surface area contributed by atoms with E-state index in [0.29, 0.717) is 11.1 Å². The van der Waals surface area contributed by atoms with Crippen LogP contribution in [0.2, 0.25) is 0 Å². The normalized spacial score (nSPS) is 11.5. The minimum atomic E-state index is -3.67. The number of phenolic OH excluding ortho intramolecular Hbond substituents is 1. The lowest BCUT2D eigenvalue weighted by Gasteiger charge is -2.12. The van der Waals surface area contributed by atoms with Crippen LogP contribution in [-0.2, 0) is 14.8 Å². The zero-order valence-electron chi connectivity index (χ0n) is 8.62. The van der Waals surface area contributed by atoms with Gasteiger partial charge in [-0.3, -0.25) is 0 Å². The number of aryl methyl sites for hydroxylation is 1. The summed E-state index contributed by atoms with van der Waals surface area (Å²) in [6.07, 6.45) is 0. The number of phenols is 1. The maximum atomic E-state index is 11.0. The lowest BCUT2D eigenvalue weighted by Crippen LogP contribution is -2.00. The Balaban J connectivity index is 3.37. The Bertz CT molecular complexity index is 513. The Morgan fingerprint density at radius 2 is 2.12 bits per heavy atom. The van der Waals surface area contributed by atoms with E-state index in [0.717, 1.165) is 0 Å². The first-order valence-electron chi connectivity index (χ1n) is 4.23. The summed E-state index contributed by atoms with van der Waals surface area (Å²) in [5, 5.41) is 9.69. The zero-order chi connectivity index (χ0) is 12.5. The summed E-state index contributed by atoms with van der Waals surface area (Å²) in [6, 6.07) is 1.55. The van der Waals surface area contributed by atoms with E-state index >= 15 is 0 Å². The highest BCUT2D eigenvalue weighted by Gasteiger charge is 2.18. The Hall–Kier alpha value is -0.460. The van der Waals surface area contributed by atoms with Gasteiger partial charge in [-0.05, 0) is 40.0 Å². The molecule has 1 aromatic rings. The van der Waals surface area contributed by atoms with E-state index in [2.05, 4.69) is 15.9 Å². The molecule has 0 bridgehead atoms. The van der Waals surface area contributed by atoms with Crippen molar-refractivity contribution in [2.45, 2.75) is 12.7 Å². The van der Waals surface area contributed by atoms with Crippen molar-refractivity contribution in [2.75, 3.05) is 7.11 Å². The van der Waals surface area contributed by atoms with E-state index in [1.54, 1.807) is 13.0 Å². The SMILES string of the molecule is COc1cc(C)c(CS(=O)(=O)Cl)c(Br)c1O. The van der Waals surface area contributed by atoms with Crippen LogP contribution in [0.25, 0.3) is 0 Å². The molecule has 4 nitrogen and oxygen atoms in total. The fraction of sp³-hybridized carbons (Fsp3) is 0.333. The third-order valence-electron chi connectivity index (χ3n) is 2.07. The first-order valence-corrected chi connectivity index (χ1v) is 7.50. The van der Waals surface area contributed by atoms with Crippen molar-refractivity contribution in [3.63, 3.8) is 0 Å². The van der Waals surface area contributed by atoms with Gasteiger partial charge in [0.15, 0.2) is 11.5 Å². The number of ether oxygens (including phenoxy) is 1. The van der Waals surface area contributed by atoms with Crippen molar-refractivity contribution in [2.24, 2.45) is 0 Å². The van der Waals surface area contributed by atoms with Crippen molar-refractivity contribution in [3.8, 4) is 11.5 Å². The van der Waals surface area contributed by atoms with E-state index < -0.39 is 9.05 Å². The minimum Gasteiger partial charge on any atom is -0.503 e. The number of halogens is 2. The van der Waals surface area contributed by atoms with Crippen molar-refractivity contribution in [3.05, 3.63) is 21.7 Å². The highest BCUT2D eigenvalue weighted by Crippen LogP contribution is 2.39. The first-order chi connectivity index (χ1) is 7.26. The summed E-state index contributed by atoms with van der Waals surface area (Å²) in [5.41, 5.74) is 1.10. The maximum absolute atomic E-state index is 11.0. The standard InChI is InChI=1S/C9H10BrClO4S/c1-5-3-7(15-2)9(12)8(10)6(5)4-16(11,13)14/h3,12H,4H2,1-2H3. The summed E-state index contributed by atoms with van der Waals surface area (Å²) in [7, 11) is 2.92. The molecule has 0 fully saturated rings. The molecule has 0 saturated carbocycles. The highest BCUT2D eigenvalue weighted by molar-refractivity contribution is 9.10. The summed E-state index contributed by atoms with van der Waals surface area (Å²) in [6.45, 7) is 1.71. The Morgan fingerprint density at radius 3 is 2.56 bits per heavy atom. The quantitative estimate of drug-likeness (QED) is 0.866. The van der Waals surface area contributed by atoms with Gasteiger partial charge in [-0.2, -0.15) is 0 Å². The van der Waals surface area contributed by atoms with Gasteiger partial charge in [0.1, 0.15) is 0 Å². The van der Waals surface area contributed by atoms with Crippen LogP contribution in [0.3, 0.4) is 0 Å². The topological polar surface area (TPSA) is 63.6 Å². The second-order valence-electron chi connectivity index (χ2n) is 3.22. The van der Waals surface area contributed by atoms with Crippen LogP contribution in [-0.4, -0.2) is 20.6 Å². The van der Waals surface area contributed by atoms with Gasteiger partial charge >= 0.3 is 0 Å². The van der Waals surface area contributed by atoms with Crippen LogP contribution in [0, 0.1) is 6.92 Å². The molecule has 7 heteroatoms. The molecule has 0 aromatic heterocycles. The average molecular weight is 330 g/mol. The molecule has 1 aromatic carbocycles. The second-order valence-corrected chi connectivity index (χ2v) is 6.79. The highest BCUT2D eigenvalue weighted by atomic mass is 79.9. The van der Waals surface area contributed by atoms with E-state index in [9.17, 15) is 13.5 Å². The van der Waals surface area contributed by atoms with Gasteiger partial charge in [-0.15, -0.1) is 0 Å². The Kier molecular flexibility index (Phi) is 4.09. The van der Waals surface area contributed by atoms with Gasteiger partial charge < -0.3 is 9.84 Å². The molecule has 0 saturated heterocycles. The van der Waals surface area contributed by atoms with Gasteiger partial charge in [0, 0.05) is 10.7 Å². The molecule has 0 aliphatic rings. The van der Waals surface area contributed by atoms with Gasteiger partial charge in [0.25, 0.3) is 0 Å². The first kappa shape index (κ1) is 13.6. The summed E-state index contributed by atoms with van der Waals surface area (Å²) < 4.78 is 27.2. The average Bonchev–Trinajstić information content (AvgIpc) is 2.17. The maximum Gasteiger partial charge on any atom is 0.236 e.